The summed E-state index contributed by atoms with van der Waals surface area (Å²) in [5, 5.41) is 0.367. The Morgan fingerprint density at radius 3 is 2.64 bits per heavy atom. The summed E-state index contributed by atoms with van der Waals surface area (Å²) < 4.78 is 0. The Bertz CT molecular complexity index is 388. The lowest BCUT2D eigenvalue weighted by Crippen LogP contribution is -2.24. The van der Waals surface area contributed by atoms with Gasteiger partial charge in [-0.2, -0.15) is 0 Å². The largest absolute Gasteiger partial charge is 0.303 e. The van der Waals surface area contributed by atoms with E-state index in [2.05, 4.69) is 4.98 Å². The van der Waals surface area contributed by atoms with Crippen LogP contribution in [0.2, 0.25) is 5.15 Å². The first-order valence-corrected chi connectivity index (χ1v) is 4.48. The fraction of sp³-hybridized carbons (Fsp3) is 0.222. The summed E-state index contributed by atoms with van der Waals surface area (Å²) in [6, 6.07) is 3.26. The van der Waals surface area contributed by atoms with Crippen molar-refractivity contribution >= 4 is 29.0 Å². The van der Waals surface area contributed by atoms with Crippen LogP contribution in [0.25, 0.3) is 0 Å². The van der Waals surface area contributed by atoms with Crippen LogP contribution in [-0.2, 0) is 9.59 Å². The van der Waals surface area contributed by atoms with Gasteiger partial charge in [-0.1, -0.05) is 11.6 Å². The molecule has 0 bridgehead atoms. The average Bonchev–Trinajstić information content (AvgIpc) is 2.47. The fourth-order valence-electron chi connectivity index (χ4n) is 1.35. The molecule has 1 aliphatic heterocycles. The minimum Gasteiger partial charge on any atom is -0.303 e. The van der Waals surface area contributed by atoms with Crippen molar-refractivity contribution in [1.29, 1.82) is 0 Å². The van der Waals surface area contributed by atoms with E-state index in [0.29, 0.717) is 10.8 Å². The maximum Gasteiger partial charge on any atom is 0.234 e. The maximum atomic E-state index is 11.3. The number of anilines is 1. The molecule has 2 heterocycles. The van der Waals surface area contributed by atoms with Crippen LogP contribution in [0, 0.1) is 0 Å². The third-order valence-corrected chi connectivity index (χ3v) is 2.23. The zero-order valence-corrected chi connectivity index (χ0v) is 7.99. The summed E-state index contributed by atoms with van der Waals surface area (Å²) in [4.78, 5) is 27.6. The highest BCUT2D eigenvalue weighted by atomic mass is 35.5. The summed E-state index contributed by atoms with van der Waals surface area (Å²) in [5.41, 5.74) is 0.616. The van der Waals surface area contributed by atoms with Crippen LogP contribution in [0.15, 0.2) is 18.3 Å². The molecule has 14 heavy (non-hydrogen) atoms. The van der Waals surface area contributed by atoms with Crippen LogP contribution in [0.1, 0.15) is 6.42 Å². The quantitative estimate of drug-likeness (QED) is 0.514. The van der Waals surface area contributed by atoms with Crippen molar-refractivity contribution in [3.8, 4) is 0 Å². The van der Waals surface area contributed by atoms with Crippen molar-refractivity contribution in [2.75, 3.05) is 11.4 Å². The van der Waals surface area contributed by atoms with Crippen LogP contribution in [-0.4, -0.2) is 23.2 Å². The number of Topliss-reactive ketones (excluding diaryl/α,β-unsaturated/α-hetero) is 1. The molecule has 0 radical (unpaired) electrons. The molecule has 0 atom stereocenters. The number of aromatic nitrogens is 1. The van der Waals surface area contributed by atoms with Gasteiger partial charge < -0.3 is 4.90 Å². The highest BCUT2D eigenvalue weighted by Gasteiger charge is 2.28. The molecule has 0 unspecified atom stereocenters. The molecule has 1 aromatic heterocycles. The third kappa shape index (κ3) is 1.61. The number of carbonyl (C=O) groups is 2. The molecule has 0 saturated carbocycles. The van der Waals surface area contributed by atoms with Gasteiger partial charge in [0.1, 0.15) is 5.15 Å². The maximum absolute atomic E-state index is 11.3. The number of hydrogen-bond donors (Lipinski definition) is 0. The van der Waals surface area contributed by atoms with Crippen LogP contribution in [0.5, 0.6) is 0 Å². The fourth-order valence-corrected chi connectivity index (χ4v) is 1.46. The lowest BCUT2D eigenvalue weighted by atomic mass is 10.3. The number of pyridine rings is 1. The standard InChI is InChI=1S/C9H7ClN2O2/c10-8-2-1-6(4-11-8)12-5-7(13)3-9(12)14/h1-2,4H,3,5H2. The van der Waals surface area contributed by atoms with Crippen molar-refractivity contribution < 1.29 is 9.59 Å². The van der Waals surface area contributed by atoms with Gasteiger partial charge in [0.15, 0.2) is 5.78 Å². The molecule has 1 saturated heterocycles. The molecule has 2 rings (SSSR count). The summed E-state index contributed by atoms with van der Waals surface area (Å²) in [6.07, 6.45) is 1.47. The summed E-state index contributed by atoms with van der Waals surface area (Å²) >= 11 is 5.60. The smallest absolute Gasteiger partial charge is 0.234 e. The van der Waals surface area contributed by atoms with Crippen LogP contribution >= 0.6 is 11.6 Å². The Kier molecular flexibility index (Phi) is 2.21. The Balaban J connectivity index is 2.27. The van der Waals surface area contributed by atoms with Crippen molar-refractivity contribution in [3.05, 3.63) is 23.5 Å². The summed E-state index contributed by atoms with van der Waals surface area (Å²) in [5.74, 6) is -0.246. The molecule has 1 fully saturated rings. The van der Waals surface area contributed by atoms with Gasteiger partial charge in [-0.05, 0) is 12.1 Å². The number of ketones is 1. The first-order chi connectivity index (χ1) is 6.66. The topological polar surface area (TPSA) is 50.3 Å². The molecule has 72 valence electrons. The van der Waals surface area contributed by atoms with Gasteiger partial charge in [0.05, 0.1) is 24.8 Å². The van der Waals surface area contributed by atoms with Crippen molar-refractivity contribution in [2.45, 2.75) is 6.42 Å². The minimum atomic E-state index is -0.181. The monoisotopic (exact) mass is 210 g/mol. The van der Waals surface area contributed by atoms with Crippen LogP contribution < -0.4 is 4.90 Å². The van der Waals surface area contributed by atoms with Crippen molar-refractivity contribution in [1.82, 2.24) is 4.98 Å². The highest BCUT2D eigenvalue weighted by molar-refractivity contribution is 6.29. The first kappa shape index (κ1) is 9.15. The van der Waals surface area contributed by atoms with Gasteiger partial charge in [0.2, 0.25) is 5.91 Å². The van der Waals surface area contributed by atoms with Crippen LogP contribution in [0.3, 0.4) is 0 Å². The zero-order valence-electron chi connectivity index (χ0n) is 7.24. The Morgan fingerprint density at radius 2 is 2.14 bits per heavy atom. The molecule has 0 spiro atoms. The van der Waals surface area contributed by atoms with E-state index in [4.69, 9.17) is 11.6 Å². The van der Waals surface area contributed by atoms with E-state index in [-0.39, 0.29) is 24.7 Å². The Hall–Kier alpha value is -1.42. The SMILES string of the molecule is O=C1CC(=O)N(c2ccc(Cl)nc2)C1. The zero-order chi connectivity index (χ0) is 10.1. The number of carbonyl (C=O) groups excluding carboxylic acids is 2. The first-order valence-electron chi connectivity index (χ1n) is 4.10. The molecule has 0 aliphatic carbocycles. The van der Waals surface area contributed by atoms with Gasteiger partial charge in [-0.3, -0.25) is 9.59 Å². The van der Waals surface area contributed by atoms with Crippen molar-refractivity contribution in [2.24, 2.45) is 0 Å². The number of amides is 1. The average molecular weight is 211 g/mol. The second kappa shape index (κ2) is 3.38. The molecule has 1 aliphatic rings. The van der Waals surface area contributed by atoms with Crippen molar-refractivity contribution in [3.63, 3.8) is 0 Å². The summed E-state index contributed by atoms with van der Waals surface area (Å²) in [6.45, 7) is 0.141. The van der Waals surface area contributed by atoms with Gasteiger partial charge in [-0.15, -0.1) is 0 Å². The normalized spacial score (nSPS) is 16.5. The third-order valence-electron chi connectivity index (χ3n) is 2.01. The number of rotatable bonds is 1. The van der Waals surface area contributed by atoms with Gasteiger partial charge in [0, 0.05) is 0 Å². The molecule has 1 amide bonds. The van der Waals surface area contributed by atoms with E-state index < -0.39 is 0 Å². The van der Waals surface area contributed by atoms with Gasteiger partial charge in [-0.25, -0.2) is 4.98 Å². The molecule has 0 aromatic carbocycles. The Morgan fingerprint density at radius 1 is 1.36 bits per heavy atom. The van der Waals surface area contributed by atoms with Gasteiger partial charge >= 0.3 is 0 Å². The molecule has 0 N–H and O–H groups in total. The van der Waals surface area contributed by atoms with E-state index >= 15 is 0 Å². The summed E-state index contributed by atoms with van der Waals surface area (Å²) in [7, 11) is 0. The number of nitrogens with zero attached hydrogens (tertiary/aromatic N) is 2. The molecule has 4 nitrogen and oxygen atoms in total. The second-order valence-corrected chi connectivity index (χ2v) is 3.42. The Labute approximate surface area is 85.5 Å². The second-order valence-electron chi connectivity index (χ2n) is 3.03. The molecular formula is C9H7ClN2O2. The van der Waals surface area contributed by atoms with E-state index in [1.165, 1.54) is 11.1 Å². The molecule has 1 aromatic rings. The minimum absolute atomic E-state index is 0.0113. The number of hydrogen-bond acceptors (Lipinski definition) is 3. The molecular weight excluding hydrogens is 204 g/mol. The predicted molar refractivity (Wildman–Crippen MR) is 51.2 cm³/mol. The number of halogens is 1. The van der Waals surface area contributed by atoms with E-state index in [1.807, 2.05) is 0 Å². The van der Waals surface area contributed by atoms with E-state index in [0.717, 1.165) is 0 Å². The van der Waals surface area contributed by atoms with Gasteiger partial charge in [0.25, 0.3) is 0 Å². The predicted octanol–water partition coefficient (Wildman–Crippen LogP) is 1.04. The lowest BCUT2D eigenvalue weighted by molar-refractivity contribution is -0.121. The molecule has 5 heteroatoms. The highest BCUT2D eigenvalue weighted by Crippen LogP contribution is 2.19. The van der Waals surface area contributed by atoms with E-state index in [9.17, 15) is 9.59 Å². The van der Waals surface area contributed by atoms with E-state index in [1.54, 1.807) is 12.1 Å². The lowest BCUT2D eigenvalue weighted by Gasteiger charge is -2.13. The van der Waals surface area contributed by atoms with Crippen LogP contribution in [0.4, 0.5) is 5.69 Å².